The zero-order chi connectivity index (χ0) is 13.7. The minimum absolute atomic E-state index is 0.0736. The second-order valence-corrected chi connectivity index (χ2v) is 5.08. The highest BCUT2D eigenvalue weighted by Crippen LogP contribution is 2.13. The van der Waals surface area contributed by atoms with E-state index < -0.39 is 0 Å². The fourth-order valence-corrected chi connectivity index (χ4v) is 2.17. The van der Waals surface area contributed by atoms with Crippen LogP contribution in [0.3, 0.4) is 0 Å². The molecule has 0 saturated carbocycles. The molecule has 1 aliphatic rings. The molecule has 2 rings (SSSR count). The molecule has 0 aromatic heterocycles. The zero-order valence-electron chi connectivity index (χ0n) is 11.8. The molecule has 1 saturated heterocycles. The molecule has 0 amide bonds. The fourth-order valence-electron chi connectivity index (χ4n) is 2.17. The Balaban J connectivity index is 1.76. The summed E-state index contributed by atoms with van der Waals surface area (Å²) in [4.78, 5) is 16.0. The highest BCUT2D eigenvalue weighted by Gasteiger charge is 2.13. The number of benzene rings is 1. The van der Waals surface area contributed by atoms with Crippen LogP contribution in [-0.4, -0.2) is 62.0 Å². The highest BCUT2D eigenvalue weighted by molar-refractivity contribution is 5.94. The van der Waals surface area contributed by atoms with Crippen LogP contribution in [0.25, 0.3) is 0 Å². The molecule has 1 aliphatic heterocycles. The van der Waals surface area contributed by atoms with Gasteiger partial charge in [-0.05, 0) is 26.1 Å². The van der Waals surface area contributed by atoms with Crippen molar-refractivity contribution in [3.05, 3.63) is 29.8 Å². The van der Waals surface area contributed by atoms with E-state index in [4.69, 9.17) is 4.74 Å². The Kier molecular flexibility index (Phi) is 4.93. The molecule has 0 radical (unpaired) electrons. The van der Waals surface area contributed by atoms with Crippen LogP contribution in [0.15, 0.2) is 24.3 Å². The van der Waals surface area contributed by atoms with Crippen molar-refractivity contribution in [2.24, 2.45) is 0 Å². The number of likely N-dealkylation sites (N-methyl/N-ethyl adjacent to an activating group) is 1. The molecule has 1 fully saturated rings. The smallest absolute Gasteiger partial charge is 0.159 e. The topological polar surface area (TPSA) is 32.8 Å². The normalized spacial score (nSPS) is 17.4. The SMILES string of the molecule is CC(=O)c1cccc(OCCN2CCN(C)CC2)c1. The summed E-state index contributed by atoms with van der Waals surface area (Å²) in [6.07, 6.45) is 0. The van der Waals surface area contributed by atoms with Gasteiger partial charge in [-0.2, -0.15) is 0 Å². The van der Waals surface area contributed by atoms with Gasteiger partial charge < -0.3 is 9.64 Å². The first-order valence-electron chi connectivity index (χ1n) is 6.80. The Morgan fingerprint density at radius 2 is 2.00 bits per heavy atom. The molecule has 0 N–H and O–H groups in total. The van der Waals surface area contributed by atoms with Gasteiger partial charge in [0.05, 0.1) is 0 Å². The third kappa shape index (κ3) is 4.33. The van der Waals surface area contributed by atoms with Gasteiger partial charge in [0.15, 0.2) is 5.78 Å². The number of rotatable bonds is 5. The minimum atomic E-state index is 0.0736. The number of hydrogen-bond acceptors (Lipinski definition) is 4. The second kappa shape index (κ2) is 6.68. The average molecular weight is 262 g/mol. The van der Waals surface area contributed by atoms with Crippen LogP contribution in [0.1, 0.15) is 17.3 Å². The molecular weight excluding hydrogens is 240 g/mol. The van der Waals surface area contributed by atoms with E-state index in [1.54, 1.807) is 6.92 Å². The Morgan fingerprint density at radius 3 is 2.68 bits per heavy atom. The van der Waals surface area contributed by atoms with Crippen LogP contribution >= 0.6 is 0 Å². The van der Waals surface area contributed by atoms with E-state index in [0.29, 0.717) is 12.2 Å². The van der Waals surface area contributed by atoms with Crippen molar-refractivity contribution in [1.82, 2.24) is 9.80 Å². The summed E-state index contributed by atoms with van der Waals surface area (Å²) in [5, 5.41) is 0. The number of carbonyl (C=O) groups is 1. The Bertz CT molecular complexity index is 426. The van der Waals surface area contributed by atoms with Crippen molar-refractivity contribution in [3.8, 4) is 5.75 Å². The van der Waals surface area contributed by atoms with Crippen molar-refractivity contribution in [2.75, 3.05) is 46.4 Å². The van der Waals surface area contributed by atoms with Gasteiger partial charge in [0.2, 0.25) is 0 Å². The van der Waals surface area contributed by atoms with E-state index in [1.165, 1.54) is 0 Å². The van der Waals surface area contributed by atoms with E-state index >= 15 is 0 Å². The highest BCUT2D eigenvalue weighted by atomic mass is 16.5. The first-order valence-corrected chi connectivity index (χ1v) is 6.80. The molecule has 0 aliphatic carbocycles. The number of Topliss-reactive ketones (excluding diaryl/α,β-unsaturated/α-hetero) is 1. The van der Waals surface area contributed by atoms with Crippen molar-refractivity contribution < 1.29 is 9.53 Å². The van der Waals surface area contributed by atoms with Crippen LogP contribution in [0.5, 0.6) is 5.75 Å². The van der Waals surface area contributed by atoms with Crippen LogP contribution in [0.2, 0.25) is 0 Å². The lowest BCUT2D eigenvalue weighted by molar-refractivity contribution is 0.101. The molecular formula is C15H22N2O2. The van der Waals surface area contributed by atoms with E-state index in [9.17, 15) is 4.79 Å². The first-order chi connectivity index (χ1) is 9.15. The van der Waals surface area contributed by atoms with Gasteiger partial charge in [-0.25, -0.2) is 0 Å². The zero-order valence-corrected chi connectivity index (χ0v) is 11.8. The summed E-state index contributed by atoms with van der Waals surface area (Å²) in [6.45, 7) is 7.65. The first kappa shape index (κ1) is 14.0. The fraction of sp³-hybridized carbons (Fsp3) is 0.533. The molecule has 0 unspecified atom stereocenters. The van der Waals surface area contributed by atoms with Gasteiger partial charge in [-0.1, -0.05) is 12.1 Å². The lowest BCUT2D eigenvalue weighted by Crippen LogP contribution is -2.45. The summed E-state index contributed by atoms with van der Waals surface area (Å²) in [5.74, 6) is 0.853. The number of ketones is 1. The Labute approximate surface area is 115 Å². The predicted octanol–water partition coefficient (Wildman–Crippen LogP) is 1.52. The summed E-state index contributed by atoms with van der Waals surface area (Å²) in [6, 6.07) is 7.39. The van der Waals surface area contributed by atoms with Crippen LogP contribution in [-0.2, 0) is 0 Å². The Morgan fingerprint density at radius 1 is 1.26 bits per heavy atom. The van der Waals surface area contributed by atoms with E-state index in [0.717, 1.165) is 38.5 Å². The quantitative estimate of drug-likeness (QED) is 0.753. The maximum atomic E-state index is 11.3. The monoisotopic (exact) mass is 262 g/mol. The summed E-state index contributed by atoms with van der Waals surface area (Å²) < 4.78 is 5.72. The molecule has 19 heavy (non-hydrogen) atoms. The summed E-state index contributed by atoms with van der Waals surface area (Å²) >= 11 is 0. The van der Waals surface area contributed by atoms with E-state index in [2.05, 4.69) is 16.8 Å². The third-order valence-electron chi connectivity index (χ3n) is 3.51. The molecule has 1 aromatic rings. The lowest BCUT2D eigenvalue weighted by atomic mass is 10.1. The van der Waals surface area contributed by atoms with E-state index in [1.807, 2.05) is 24.3 Å². The molecule has 0 spiro atoms. The van der Waals surface area contributed by atoms with Crippen LogP contribution in [0.4, 0.5) is 0 Å². The molecule has 4 nitrogen and oxygen atoms in total. The molecule has 0 atom stereocenters. The summed E-state index contributed by atoms with van der Waals surface area (Å²) in [7, 11) is 2.15. The minimum Gasteiger partial charge on any atom is -0.492 e. The van der Waals surface area contributed by atoms with Crippen LogP contribution in [0, 0.1) is 0 Å². The lowest BCUT2D eigenvalue weighted by Gasteiger charge is -2.32. The van der Waals surface area contributed by atoms with Crippen molar-refractivity contribution >= 4 is 5.78 Å². The van der Waals surface area contributed by atoms with Gasteiger partial charge in [0, 0.05) is 38.3 Å². The Hall–Kier alpha value is -1.39. The number of nitrogens with zero attached hydrogens (tertiary/aromatic N) is 2. The molecule has 4 heteroatoms. The largest absolute Gasteiger partial charge is 0.492 e. The van der Waals surface area contributed by atoms with Crippen molar-refractivity contribution in [2.45, 2.75) is 6.92 Å². The predicted molar refractivity (Wildman–Crippen MR) is 75.9 cm³/mol. The van der Waals surface area contributed by atoms with Crippen LogP contribution < -0.4 is 4.74 Å². The average Bonchev–Trinajstić information content (AvgIpc) is 2.41. The number of piperazine rings is 1. The number of ether oxygens (including phenoxy) is 1. The van der Waals surface area contributed by atoms with Crippen molar-refractivity contribution in [1.29, 1.82) is 0 Å². The van der Waals surface area contributed by atoms with Crippen molar-refractivity contribution in [3.63, 3.8) is 0 Å². The maximum Gasteiger partial charge on any atom is 0.159 e. The summed E-state index contributed by atoms with van der Waals surface area (Å²) in [5.41, 5.74) is 0.706. The van der Waals surface area contributed by atoms with Gasteiger partial charge in [0.25, 0.3) is 0 Å². The molecule has 0 bridgehead atoms. The number of hydrogen-bond donors (Lipinski definition) is 0. The number of carbonyl (C=O) groups excluding carboxylic acids is 1. The van der Waals surface area contributed by atoms with Gasteiger partial charge in [-0.3, -0.25) is 9.69 Å². The second-order valence-electron chi connectivity index (χ2n) is 5.08. The van der Waals surface area contributed by atoms with Gasteiger partial charge in [-0.15, -0.1) is 0 Å². The maximum absolute atomic E-state index is 11.3. The molecule has 104 valence electrons. The van der Waals surface area contributed by atoms with Gasteiger partial charge >= 0.3 is 0 Å². The molecule has 1 aromatic carbocycles. The van der Waals surface area contributed by atoms with Gasteiger partial charge in [0.1, 0.15) is 12.4 Å². The van der Waals surface area contributed by atoms with E-state index in [-0.39, 0.29) is 5.78 Å². The molecule has 1 heterocycles. The standard InChI is InChI=1S/C15H22N2O2/c1-13(18)14-4-3-5-15(12-14)19-11-10-17-8-6-16(2)7-9-17/h3-5,12H,6-11H2,1-2H3. The third-order valence-corrected chi connectivity index (χ3v) is 3.51.